The molecular weight excluding hydrogens is 352 g/mol. The van der Waals surface area contributed by atoms with Crippen LogP contribution >= 0.6 is 0 Å². The van der Waals surface area contributed by atoms with Crippen molar-refractivity contribution in [2.24, 2.45) is 0 Å². The van der Waals surface area contributed by atoms with Crippen LogP contribution in [0.1, 0.15) is 29.4 Å². The third-order valence-corrected chi connectivity index (χ3v) is 4.16. The number of carbonyl (C=O) groups is 1. The molecule has 3 aromatic rings. The summed E-state index contributed by atoms with van der Waals surface area (Å²) < 4.78 is 5.19. The van der Waals surface area contributed by atoms with Gasteiger partial charge in [-0.15, -0.1) is 0 Å². The normalized spacial score (nSPS) is 10.4. The molecule has 0 unspecified atom stereocenters. The number of carbonyl (C=O) groups excluding carboxylic acids is 1. The second kappa shape index (κ2) is 9.50. The van der Waals surface area contributed by atoms with Gasteiger partial charge in [-0.05, 0) is 24.1 Å². The number of ether oxygens (including phenoxy) is 1. The molecule has 0 radical (unpaired) electrons. The Labute approximate surface area is 165 Å². The topological polar surface area (TPSA) is 76.1 Å². The van der Waals surface area contributed by atoms with Gasteiger partial charge in [-0.25, -0.2) is 9.97 Å². The molecule has 6 nitrogen and oxygen atoms in total. The Morgan fingerprint density at radius 3 is 2.46 bits per heavy atom. The van der Waals surface area contributed by atoms with E-state index >= 15 is 0 Å². The highest BCUT2D eigenvalue weighted by Gasteiger charge is 2.12. The monoisotopic (exact) mass is 376 g/mol. The average molecular weight is 376 g/mol. The van der Waals surface area contributed by atoms with Gasteiger partial charge < -0.3 is 15.4 Å². The van der Waals surface area contributed by atoms with Crippen LogP contribution in [0.15, 0.2) is 60.7 Å². The summed E-state index contributed by atoms with van der Waals surface area (Å²) in [5, 5.41) is 6.16. The number of amides is 1. The van der Waals surface area contributed by atoms with Gasteiger partial charge in [0.1, 0.15) is 17.3 Å². The lowest BCUT2D eigenvalue weighted by Crippen LogP contribution is -2.25. The Kier molecular flexibility index (Phi) is 6.57. The van der Waals surface area contributed by atoms with Gasteiger partial charge in [-0.2, -0.15) is 0 Å². The number of hydrogen-bond donors (Lipinski definition) is 2. The molecule has 2 aromatic carbocycles. The van der Waals surface area contributed by atoms with E-state index < -0.39 is 0 Å². The summed E-state index contributed by atoms with van der Waals surface area (Å²) >= 11 is 0. The minimum Gasteiger partial charge on any atom is -0.497 e. The van der Waals surface area contributed by atoms with Crippen molar-refractivity contribution in [3.63, 3.8) is 0 Å². The van der Waals surface area contributed by atoms with E-state index in [1.165, 1.54) is 0 Å². The van der Waals surface area contributed by atoms with Crippen molar-refractivity contribution in [3.8, 4) is 17.1 Å². The molecular formula is C22H24N4O2. The van der Waals surface area contributed by atoms with E-state index in [1.54, 1.807) is 13.2 Å². The minimum atomic E-state index is -0.200. The predicted octanol–water partition coefficient (Wildman–Crippen LogP) is 3.90. The summed E-state index contributed by atoms with van der Waals surface area (Å²) in [6.07, 6.45) is 0.866. The third kappa shape index (κ3) is 5.07. The number of nitrogens with zero attached hydrogens (tertiary/aromatic N) is 2. The molecule has 1 aromatic heterocycles. The molecule has 0 saturated heterocycles. The second-order valence-corrected chi connectivity index (χ2v) is 6.29. The Hall–Kier alpha value is -3.41. The van der Waals surface area contributed by atoms with Crippen molar-refractivity contribution >= 4 is 11.7 Å². The van der Waals surface area contributed by atoms with Crippen molar-refractivity contribution in [2.75, 3.05) is 19.0 Å². The Morgan fingerprint density at radius 1 is 1.04 bits per heavy atom. The first-order valence-corrected chi connectivity index (χ1v) is 9.29. The van der Waals surface area contributed by atoms with Gasteiger partial charge in [0.05, 0.1) is 7.11 Å². The molecule has 3 rings (SSSR count). The molecule has 0 bridgehead atoms. The molecule has 1 amide bonds. The summed E-state index contributed by atoms with van der Waals surface area (Å²) in [6, 6.07) is 19.1. The molecule has 2 N–H and O–H groups in total. The first kappa shape index (κ1) is 19.4. The predicted molar refractivity (Wildman–Crippen MR) is 110 cm³/mol. The Morgan fingerprint density at radius 2 is 1.79 bits per heavy atom. The molecule has 0 aliphatic heterocycles. The van der Waals surface area contributed by atoms with E-state index in [2.05, 4.69) is 20.6 Å². The van der Waals surface area contributed by atoms with Crippen molar-refractivity contribution < 1.29 is 9.53 Å². The molecule has 6 heteroatoms. The van der Waals surface area contributed by atoms with Gasteiger partial charge in [-0.1, -0.05) is 49.4 Å². The maximum Gasteiger partial charge on any atom is 0.270 e. The highest BCUT2D eigenvalue weighted by molar-refractivity contribution is 5.93. The molecule has 0 spiro atoms. The van der Waals surface area contributed by atoms with E-state index in [0.29, 0.717) is 30.4 Å². The van der Waals surface area contributed by atoms with Crippen LogP contribution < -0.4 is 15.4 Å². The zero-order chi connectivity index (χ0) is 19.8. The van der Waals surface area contributed by atoms with E-state index in [-0.39, 0.29) is 5.91 Å². The highest BCUT2D eigenvalue weighted by atomic mass is 16.5. The van der Waals surface area contributed by atoms with Crippen LogP contribution in [0.2, 0.25) is 0 Å². The zero-order valence-corrected chi connectivity index (χ0v) is 16.1. The van der Waals surface area contributed by atoms with Crippen LogP contribution in [0.3, 0.4) is 0 Å². The first-order chi connectivity index (χ1) is 13.7. The number of rotatable bonds is 8. The van der Waals surface area contributed by atoms with Crippen LogP contribution in [-0.2, 0) is 6.54 Å². The third-order valence-electron chi connectivity index (χ3n) is 4.16. The van der Waals surface area contributed by atoms with E-state index in [9.17, 15) is 4.79 Å². The fourth-order valence-electron chi connectivity index (χ4n) is 2.64. The lowest BCUT2D eigenvalue weighted by atomic mass is 10.2. The largest absolute Gasteiger partial charge is 0.497 e. The molecule has 1 heterocycles. The van der Waals surface area contributed by atoms with Gasteiger partial charge in [0, 0.05) is 24.7 Å². The van der Waals surface area contributed by atoms with Gasteiger partial charge in [-0.3, -0.25) is 4.79 Å². The number of hydrogen-bond acceptors (Lipinski definition) is 5. The van der Waals surface area contributed by atoms with Crippen molar-refractivity contribution in [1.29, 1.82) is 0 Å². The quantitative estimate of drug-likeness (QED) is 0.623. The van der Waals surface area contributed by atoms with Gasteiger partial charge in [0.2, 0.25) is 0 Å². The van der Waals surface area contributed by atoms with Gasteiger partial charge in [0.25, 0.3) is 5.91 Å². The molecule has 0 aliphatic carbocycles. The number of aromatic nitrogens is 2. The standard InChI is InChI=1S/C22H24N4O2/c1-3-13-23-22(27)19-14-20(24-15-16-9-11-18(28-2)12-10-16)26-21(25-19)17-7-5-4-6-8-17/h4-12,14H,3,13,15H2,1-2H3,(H,23,27)(H,24,25,26). The number of methoxy groups -OCH3 is 1. The maximum absolute atomic E-state index is 12.4. The number of anilines is 1. The van der Waals surface area contributed by atoms with E-state index in [4.69, 9.17) is 4.74 Å². The van der Waals surface area contributed by atoms with Crippen LogP contribution in [0.4, 0.5) is 5.82 Å². The number of nitrogens with one attached hydrogen (secondary N) is 2. The van der Waals surface area contributed by atoms with Gasteiger partial charge >= 0.3 is 0 Å². The van der Waals surface area contributed by atoms with Crippen LogP contribution in [0.25, 0.3) is 11.4 Å². The first-order valence-electron chi connectivity index (χ1n) is 9.29. The second-order valence-electron chi connectivity index (χ2n) is 6.29. The maximum atomic E-state index is 12.4. The van der Waals surface area contributed by atoms with E-state index in [1.807, 2.05) is 61.5 Å². The smallest absolute Gasteiger partial charge is 0.270 e. The summed E-state index contributed by atoms with van der Waals surface area (Å²) in [7, 11) is 1.64. The summed E-state index contributed by atoms with van der Waals surface area (Å²) in [5.41, 5.74) is 2.29. The summed E-state index contributed by atoms with van der Waals surface area (Å²) in [4.78, 5) is 21.5. The average Bonchev–Trinajstić information content (AvgIpc) is 2.76. The van der Waals surface area contributed by atoms with E-state index in [0.717, 1.165) is 23.3 Å². The van der Waals surface area contributed by atoms with Crippen molar-refractivity contribution in [1.82, 2.24) is 15.3 Å². The van der Waals surface area contributed by atoms with Crippen LogP contribution in [0.5, 0.6) is 5.75 Å². The highest BCUT2D eigenvalue weighted by Crippen LogP contribution is 2.19. The summed E-state index contributed by atoms with van der Waals surface area (Å²) in [5.74, 6) is 1.73. The zero-order valence-electron chi connectivity index (χ0n) is 16.1. The lowest BCUT2D eigenvalue weighted by Gasteiger charge is -2.11. The fourth-order valence-corrected chi connectivity index (χ4v) is 2.64. The molecule has 0 fully saturated rings. The van der Waals surface area contributed by atoms with Crippen LogP contribution in [-0.4, -0.2) is 29.5 Å². The van der Waals surface area contributed by atoms with Crippen molar-refractivity contribution in [2.45, 2.75) is 19.9 Å². The fraction of sp³-hybridized carbons (Fsp3) is 0.227. The minimum absolute atomic E-state index is 0.200. The molecule has 0 aliphatic rings. The van der Waals surface area contributed by atoms with Crippen LogP contribution in [0, 0.1) is 0 Å². The summed E-state index contributed by atoms with van der Waals surface area (Å²) in [6.45, 7) is 3.20. The molecule has 0 saturated carbocycles. The Bertz CT molecular complexity index is 912. The number of benzene rings is 2. The SMILES string of the molecule is CCCNC(=O)c1cc(NCc2ccc(OC)cc2)nc(-c2ccccc2)n1. The Balaban J connectivity index is 1.84. The van der Waals surface area contributed by atoms with Gasteiger partial charge in [0.15, 0.2) is 5.82 Å². The molecule has 144 valence electrons. The van der Waals surface area contributed by atoms with Crippen molar-refractivity contribution in [3.05, 3.63) is 71.9 Å². The molecule has 0 atom stereocenters. The molecule has 28 heavy (non-hydrogen) atoms. The lowest BCUT2D eigenvalue weighted by molar-refractivity contribution is 0.0948.